The van der Waals surface area contributed by atoms with Crippen LogP contribution in [0.3, 0.4) is 0 Å². The molecule has 3 nitrogen and oxygen atoms in total. The van der Waals surface area contributed by atoms with Crippen LogP contribution in [0.15, 0.2) is 42.5 Å². The van der Waals surface area contributed by atoms with Gasteiger partial charge in [0.05, 0.1) is 10.0 Å². The van der Waals surface area contributed by atoms with Crippen molar-refractivity contribution < 1.29 is 14.3 Å². The molecule has 0 aromatic heterocycles. The molecule has 0 aliphatic heterocycles. The number of hydrogen-bond acceptors (Lipinski definition) is 3. The molecule has 98 valence electrons. The Balaban J connectivity index is 2.03. The average molecular weight is 297 g/mol. The number of carbonyl (C=O) groups is 1. The van der Waals surface area contributed by atoms with Crippen molar-refractivity contribution >= 4 is 29.7 Å². The Morgan fingerprint density at radius 1 is 1.00 bits per heavy atom. The van der Waals surface area contributed by atoms with Crippen LogP contribution in [-0.2, 0) is 11.4 Å². The highest BCUT2D eigenvalue weighted by molar-refractivity contribution is 6.42. The zero-order valence-corrected chi connectivity index (χ0v) is 11.3. The summed E-state index contributed by atoms with van der Waals surface area (Å²) >= 11 is 11.7. The van der Waals surface area contributed by atoms with Crippen molar-refractivity contribution in [3.05, 3.63) is 58.1 Å². The topological polar surface area (TPSA) is 35.5 Å². The van der Waals surface area contributed by atoms with E-state index in [1.54, 1.807) is 36.4 Å². The number of benzene rings is 2. The van der Waals surface area contributed by atoms with Gasteiger partial charge in [-0.1, -0.05) is 35.3 Å². The van der Waals surface area contributed by atoms with E-state index in [0.29, 0.717) is 34.6 Å². The van der Waals surface area contributed by atoms with Crippen molar-refractivity contribution in [2.45, 2.75) is 6.61 Å². The molecule has 0 radical (unpaired) electrons. The molecule has 0 spiro atoms. The molecule has 0 heterocycles. The number of hydrogen-bond donors (Lipinski definition) is 0. The summed E-state index contributed by atoms with van der Waals surface area (Å²) in [6, 6.07) is 12.1. The van der Waals surface area contributed by atoms with E-state index in [2.05, 4.69) is 0 Å². The molecular weight excluding hydrogens is 287 g/mol. The Hall–Kier alpha value is -1.71. The fourth-order valence-corrected chi connectivity index (χ4v) is 1.79. The summed E-state index contributed by atoms with van der Waals surface area (Å²) in [5.74, 6) is 1.10. The van der Waals surface area contributed by atoms with Gasteiger partial charge in [0.2, 0.25) is 0 Å². The van der Waals surface area contributed by atoms with Crippen LogP contribution in [0.4, 0.5) is 0 Å². The zero-order valence-electron chi connectivity index (χ0n) is 9.81. The van der Waals surface area contributed by atoms with E-state index in [0.717, 1.165) is 5.56 Å². The average Bonchev–Trinajstić information content (AvgIpc) is 2.41. The van der Waals surface area contributed by atoms with Gasteiger partial charge in [0, 0.05) is 6.07 Å². The van der Waals surface area contributed by atoms with Gasteiger partial charge in [-0.15, -0.1) is 0 Å². The first-order valence-electron chi connectivity index (χ1n) is 5.46. The molecule has 0 amide bonds. The maximum Gasteiger partial charge on any atom is 0.298 e. The molecular formula is C14H10Cl2O3. The molecule has 0 saturated carbocycles. The quantitative estimate of drug-likeness (QED) is 0.779. The second kappa shape index (κ2) is 6.45. The van der Waals surface area contributed by atoms with Crippen molar-refractivity contribution in [1.82, 2.24) is 0 Å². The summed E-state index contributed by atoms with van der Waals surface area (Å²) in [5.41, 5.74) is 0.880. The predicted octanol–water partition coefficient (Wildman–Crippen LogP) is 4.11. The van der Waals surface area contributed by atoms with Gasteiger partial charge in [-0.2, -0.15) is 0 Å². The minimum absolute atomic E-state index is 0.341. The second-order valence-corrected chi connectivity index (χ2v) is 4.54. The molecule has 2 aromatic rings. The number of halogens is 2. The molecule has 0 N–H and O–H groups in total. The molecule has 0 unspecified atom stereocenters. The molecule has 19 heavy (non-hydrogen) atoms. The minimum atomic E-state index is 0.341. The van der Waals surface area contributed by atoms with Crippen molar-refractivity contribution in [2.24, 2.45) is 0 Å². The monoisotopic (exact) mass is 296 g/mol. The first-order chi connectivity index (χ1) is 9.19. The maximum absolute atomic E-state index is 10.3. The Bertz CT molecular complexity index is 585. The first kappa shape index (κ1) is 13.7. The lowest BCUT2D eigenvalue weighted by atomic mass is 10.2. The Morgan fingerprint density at radius 2 is 1.84 bits per heavy atom. The minimum Gasteiger partial charge on any atom is -0.489 e. The molecule has 2 rings (SSSR count). The van der Waals surface area contributed by atoms with Crippen LogP contribution in [0.2, 0.25) is 10.0 Å². The van der Waals surface area contributed by atoms with E-state index in [1.807, 2.05) is 6.07 Å². The highest BCUT2D eigenvalue weighted by Gasteiger charge is 2.02. The van der Waals surface area contributed by atoms with Gasteiger partial charge in [0.15, 0.2) is 0 Å². The predicted molar refractivity (Wildman–Crippen MR) is 73.9 cm³/mol. The maximum atomic E-state index is 10.3. The van der Waals surface area contributed by atoms with Crippen molar-refractivity contribution in [2.75, 3.05) is 0 Å². The summed E-state index contributed by atoms with van der Waals surface area (Å²) in [7, 11) is 0. The number of carbonyl (C=O) groups excluding carboxylic acids is 1. The smallest absolute Gasteiger partial charge is 0.298 e. The van der Waals surface area contributed by atoms with Gasteiger partial charge < -0.3 is 9.47 Å². The van der Waals surface area contributed by atoms with Crippen molar-refractivity contribution in [3.63, 3.8) is 0 Å². The lowest BCUT2D eigenvalue weighted by Gasteiger charge is -2.08. The van der Waals surface area contributed by atoms with Crippen molar-refractivity contribution in [1.29, 1.82) is 0 Å². The summed E-state index contributed by atoms with van der Waals surface area (Å²) in [6.45, 7) is 0.729. The van der Waals surface area contributed by atoms with E-state index in [-0.39, 0.29) is 0 Å². The molecule has 0 aliphatic carbocycles. The van der Waals surface area contributed by atoms with Crippen LogP contribution in [0.5, 0.6) is 11.5 Å². The summed E-state index contributed by atoms with van der Waals surface area (Å²) in [6.07, 6.45) is 0. The highest BCUT2D eigenvalue weighted by Crippen LogP contribution is 2.27. The van der Waals surface area contributed by atoms with E-state index in [1.165, 1.54) is 0 Å². The van der Waals surface area contributed by atoms with Gasteiger partial charge in [-0.3, -0.25) is 4.79 Å². The third-order valence-corrected chi connectivity index (χ3v) is 3.12. The van der Waals surface area contributed by atoms with E-state index < -0.39 is 0 Å². The largest absolute Gasteiger partial charge is 0.489 e. The van der Waals surface area contributed by atoms with E-state index in [4.69, 9.17) is 32.7 Å². The molecule has 0 fully saturated rings. The molecule has 0 atom stereocenters. The Kier molecular flexibility index (Phi) is 4.66. The fraction of sp³-hybridized carbons (Fsp3) is 0.0714. The van der Waals surface area contributed by atoms with Crippen LogP contribution in [0, 0.1) is 0 Å². The standard InChI is InChI=1S/C14H10Cl2O3/c15-13-5-4-12(7-14(13)16)18-8-10-2-1-3-11(6-10)19-9-17/h1-7,9H,8H2. The lowest BCUT2D eigenvalue weighted by Crippen LogP contribution is -1.96. The zero-order chi connectivity index (χ0) is 13.7. The second-order valence-electron chi connectivity index (χ2n) is 3.73. The highest BCUT2D eigenvalue weighted by atomic mass is 35.5. The summed E-state index contributed by atoms with van der Waals surface area (Å²) in [5, 5.41) is 0.924. The van der Waals surface area contributed by atoms with Gasteiger partial charge in [0.1, 0.15) is 18.1 Å². The van der Waals surface area contributed by atoms with Crippen molar-refractivity contribution in [3.8, 4) is 11.5 Å². The van der Waals surface area contributed by atoms with Crippen LogP contribution >= 0.6 is 23.2 Å². The van der Waals surface area contributed by atoms with E-state index in [9.17, 15) is 4.79 Å². The van der Waals surface area contributed by atoms with Crippen LogP contribution in [-0.4, -0.2) is 6.47 Å². The van der Waals surface area contributed by atoms with E-state index >= 15 is 0 Å². The molecule has 0 saturated heterocycles. The van der Waals surface area contributed by atoms with Gasteiger partial charge >= 0.3 is 0 Å². The third-order valence-electron chi connectivity index (χ3n) is 2.38. The fourth-order valence-electron chi connectivity index (χ4n) is 1.50. The number of ether oxygens (including phenoxy) is 2. The summed E-state index contributed by atoms with van der Waals surface area (Å²) < 4.78 is 10.3. The van der Waals surface area contributed by atoms with Crippen LogP contribution in [0.1, 0.15) is 5.56 Å². The van der Waals surface area contributed by atoms with Gasteiger partial charge in [-0.05, 0) is 29.8 Å². The lowest BCUT2D eigenvalue weighted by molar-refractivity contribution is -0.120. The first-order valence-corrected chi connectivity index (χ1v) is 6.22. The molecule has 0 bridgehead atoms. The molecule has 2 aromatic carbocycles. The molecule has 0 aliphatic rings. The SMILES string of the molecule is O=COc1cccc(COc2ccc(Cl)c(Cl)c2)c1. The Morgan fingerprint density at radius 3 is 2.58 bits per heavy atom. The third kappa shape index (κ3) is 3.88. The van der Waals surface area contributed by atoms with Gasteiger partial charge in [0.25, 0.3) is 6.47 Å². The van der Waals surface area contributed by atoms with Crippen LogP contribution < -0.4 is 9.47 Å². The van der Waals surface area contributed by atoms with Gasteiger partial charge in [-0.25, -0.2) is 0 Å². The Labute approximate surface area is 120 Å². The normalized spacial score (nSPS) is 10.0. The molecule has 5 heteroatoms. The summed E-state index contributed by atoms with van der Waals surface area (Å²) in [4.78, 5) is 10.3. The number of rotatable bonds is 5. The van der Waals surface area contributed by atoms with Crippen LogP contribution in [0.25, 0.3) is 0 Å².